The largest absolute Gasteiger partial charge is 0.372 e. The molecule has 6 heteroatoms. The van der Waals surface area contributed by atoms with Gasteiger partial charge in [0.05, 0.1) is 0 Å². The van der Waals surface area contributed by atoms with Crippen molar-refractivity contribution < 1.29 is 9.59 Å². The highest BCUT2D eigenvalue weighted by Crippen LogP contribution is 2.47. The van der Waals surface area contributed by atoms with Crippen molar-refractivity contribution in [2.24, 2.45) is 5.41 Å². The highest BCUT2D eigenvalue weighted by molar-refractivity contribution is 6.13. The van der Waals surface area contributed by atoms with Gasteiger partial charge in [0.1, 0.15) is 5.41 Å². The van der Waals surface area contributed by atoms with E-state index in [0.29, 0.717) is 25.1 Å². The van der Waals surface area contributed by atoms with Crippen LogP contribution in [0.3, 0.4) is 0 Å². The molecule has 2 aromatic rings. The van der Waals surface area contributed by atoms with Gasteiger partial charge in [-0.1, -0.05) is 6.07 Å². The van der Waals surface area contributed by atoms with Crippen molar-refractivity contribution in [1.29, 1.82) is 0 Å². The highest BCUT2D eigenvalue weighted by atomic mass is 16.2. The first-order valence-electron chi connectivity index (χ1n) is 9.42. The van der Waals surface area contributed by atoms with Crippen molar-refractivity contribution >= 4 is 23.2 Å². The first-order chi connectivity index (χ1) is 13.1. The Labute approximate surface area is 160 Å². The normalized spacial score (nSPS) is 14.3. The molecule has 27 heavy (non-hydrogen) atoms. The molecular formula is C21H26N4O2. The first kappa shape index (κ1) is 18.9. The van der Waals surface area contributed by atoms with Crippen molar-refractivity contribution in [1.82, 2.24) is 10.3 Å². The monoisotopic (exact) mass is 366 g/mol. The number of rotatable bonds is 8. The van der Waals surface area contributed by atoms with E-state index >= 15 is 0 Å². The quantitative estimate of drug-likeness (QED) is 0.705. The summed E-state index contributed by atoms with van der Waals surface area (Å²) in [7, 11) is 0. The average Bonchev–Trinajstić information content (AvgIpc) is 3.51. The molecule has 0 saturated heterocycles. The molecule has 1 saturated carbocycles. The van der Waals surface area contributed by atoms with E-state index in [0.717, 1.165) is 24.3 Å². The molecule has 1 aromatic heterocycles. The number of pyridine rings is 1. The van der Waals surface area contributed by atoms with Crippen LogP contribution in [-0.2, 0) is 16.1 Å². The van der Waals surface area contributed by atoms with E-state index < -0.39 is 5.41 Å². The predicted molar refractivity (Wildman–Crippen MR) is 106 cm³/mol. The minimum Gasteiger partial charge on any atom is -0.372 e. The maximum Gasteiger partial charge on any atom is 0.240 e. The van der Waals surface area contributed by atoms with Gasteiger partial charge in [-0.3, -0.25) is 14.6 Å². The Kier molecular flexibility index (Phi) is 5.74. The molecule has 1 heterocycles. The van der Waals surface area contributed by atoms with Gasteiger partial charge in [-0.15, -0.1) is 0 Å². The number of carbonyl (C=O) groups is 2. The molecule has 2 N–H and O–H groups in total. The van der Waals surface area contributed by atoms with Crippen molar-refractivity contribution in [2.45, 2.75) is 33.2 Å². The summed E-state index contributed by atoms with van der Waals surface area (Å²) in [5.74, 6) is -0.453. The van der Waals surface area contributed by atoms with Crippen LogP contribution in [0.4, 0.5) is 11.4 Å². The number of hydrogen-bond donors (Lipinski definition) is 2. The molecule has 0 bridgehead atoms. The fourth-order valence-electron chi connectivity index (χ4n) is 3.13. The highest BCUT2D eigenvalue weighted by Gasteiger charge is 2.56. The molecule has 1 aliphatic rings. The third-order valence-corrected chi connectivity index (χ3v) is 5.05. The number of nitrogens with zero attached hydrogens (tertiary/aromatic N) is 2. The van der Waals surface area contributed by atoms with Crippen molar-refractivity contribution in [3.63, 3.8) is 0 Å². The standard InChI is InChI=1S/C21H26N4O2/c1-3-25(4-2)18-9-7-17(8-10-18)24-20(27)21(11-12-21)19(26)23-15-16-6-5-13-22-14-16/h5-10,13-14H,3-4,11-12,15H2,1-2H3,(H,23,26)(H,24,27). The number of carbonyl (C=O) groups excluding carboxylic acids is 2. The zero-order valence-electron chi connectivity index (χ0n) is 15.9. The van der Waals surface area contributed by atoms with E-state index in [2.05, 4.69) is 34.4 Å². The number of aromatic nitrogens is 1. The van der Waals surface area contributed by atoms with Crippen LogP contribution in [-0.4, -0.2) is 29.9 Å². The summed E-state index contributed by atoms with van der Waals surface area (Å²) in [5, 5.41) is 5.76. The van der Waals surface area contributed by atoms with Gasteiger partial charge in [0.2, 0.25) is 11.8 Å². The van der Waals surface area contributed by atoms with Gasteiger partial charge in [0.25, 0.3) is 0 Å². The summed E-state index contributed by atoms with van der Waals surface area (Å²) in [5.41, 5.74) is 1.80. The lowest BCUT2D eigenvalue weighted by Crippen LogP contribution is -2.39. The molecule has 0 aliphatic heterocycles. The minimum absolute atomic E-state index is 0.219. The van der Waals surface area contributed by atoms with Crippen LogP contribution in [0.2, 0.25) is 0 Å². The molecule has 1 fully saturated rings. The van der Waals surface area contributed by atoms with E-state index in [1.54, 1.807) is 12.4 Å². The Morgan fingerprint density at radius 3 is 2.33 bits per heavy atom. The van der Waals surface area contributed by atoms with Crippen molar-refractivity contribution in [3.05, 3.63) is 54.4 Å². The molecule has 0 spiro atoms. The average molecular weight is 366 g/mol. The second-order valence-electron chi connectivity index (χ2n) is 6.80. The molecule has 1 aromatic carbocycles. The smallest absolute Gasteiger partial charge is 0.240 e. The van der Waals surface area contributed by atoms with Gasteiger partial charge in [-0.2, -0.15) is 0 Å². The van der Waals surface area contributed by atoms with E-state index in [-0.39, 0.29) is 11.8 Å². The lowest BCUT2D eigenvalue weighted by atomic mass is 10.0. The topological polar surface area (TPSA) is 74.3 Å². The number of amides is 2. The summed E-state index contributed by atoms with van der Waals surface area (Å²) in [6, 6.07) is 11.5. The summed E-state index contributed by atoms with van der Waals surface area (Å²) in [6.45, 7) is 6.46. The van der Waals surface area contributed by atoms with Crippen LogP contribution in [0.1, 0.15) is 32.3 Å². The van der Waals surface area contributed by atoms with E-state index in [1.807, 2.05) is 36.4 Å². The zero-order valence-corrected chi connectivity index (χ0v) is 15.9. The van der Waals surface area contributed by atoms with Gasteiger partial charge in [-0.05, 0) is 62.6 Å². The Morgan fingerprint density at radius 2 is 1.78 bits per heavy atom. The zero-order chi connectivity index (χ0) is 19.3. The number of benzene rings is 1. The summed E-state index contributed by atoms with van der Waals surface area (Å²) in [4.78, 5) is 31.5. The van der Waals surface area contributed by atoms with Crippen LogP contribution in [0.15, 0.2) is 48.8 Å². The molecule has 3 rings (SSSR count). The van der Waals surface area contributed by atoms with Gasteiger partial charge in [0.15, 0.2) is 0 Å². The molecule has 1 aliphatic carbocycles. The van der Waals surface area contributed by atoms with Crippen LogP contribution in [0, 0.1) is 5.41 Å². The summed E-state index contributed by atoms with van der Waals surface area (Å²) >= 11 is 0. The van der Waals surface area contributed by atoms with E-state index in [4.69, 9.17) is 0 Å². The van der Waals surface area contributed by atoms with Crippen molar-refractivity contribution in [2.75, 3.05) is 23.3 Å². The lowest BCUT2D eigenvalue weighted by Gasteiger charge is -2.21. The Hall–Kier alpha value is -2.89. The number of nitrogens with one attached hydrogen (secondary N) is 2. The Balaban J connectivity index is 1.59. The summed E-state index contributed by atoms with van der Waals surface area (Å²) in [6.07, 6.45) is 4.55. The second-order valence-corrected chi connectivity index (χ2v) is 6.80. The fourth-order valence-corrected chi connectivity index (χ4v) is 3.13. The second kappa shape index (κ2) is 8.20. The maximum atomic E-state index is 12.7. The molecular weight excluding hydrogens is 340 g/mol. The van der Waals surface area contributed by atoms with Gasteiger partial charge >= 0.3 is 0 Å². The molecule has 6 nitrogen and oxygen atoms in total. The molecule has 0 atom stereocenters. The molecule has 142 valence electrons. The number of hydrogen-bond acceptors (Lipinski definition) is 4. The third-order valence-electron chi connectivity index (χ3n) is 5.05. The van der Waals surface area contributed by atoms with Gasteiger partial charge in [0, 0.05) is 43.4 Å². The van der Waals surface area contributed by atoms with Crippen molar-refractivity contribution in [3.8, 4) is 0 Å². The molecule has 2 amide bonds. The molecule has 0 unspecified atom stereocenters. The molecule has 0 radical (unpaired) electrons. The predicted octanol–water partition coefficient (Wildman–Crippen LogP) is 2.96. The van der Waals surface area contributed by atoms with Gasteiger partial charge < -0.3 is 15.5 Å². The third kappa shape index (κ3) is 4.27. The lowest BCUT2D eigenvalue weighted by molar-refractivity contribution is -0.134. The van der Waals surface area contributed by atoms with E-state index in [9.17, 15) is 9.59 Å². The van der Waals surface area contributed by atoms with Gasteiger partial charge in [-0.25, -0.2) is 0 Å². The Bertz CT molecular complexity index is 782. The van der Waals surface area contributed by atoms with E-state index in [1.165, 1.54) is 0 Å². The summed E-state index contributed by atoms with van der Waals surface area (Å²) < 4.78 is 0. The Morgan fingerprint density at radius 1 is 1.07 bits per heavy atom. The fraction of sp³-hybridized carbons (Fsp3) is 0.381. The SMILES string of the molecule is CCN(CC)c1ccc(NC(=O)C2(C(=O)NCc3cccnc3)CC2)cc1. The maximum absolute atomic E-state index is 12.7. The minimum atomic E-state index is -0.945. The van der Waals surface area contributed by atoms with Crippen LogP contribution < -0.4 is 15.5 Å². The van der Waals surface area contributed by atoms with Crippen LogP contribution in [0.5, 0.6) is 0 Å². The number of anilines is 2. The van der Waals surface area contributed by atoms with Crippen LogP contribution >= 0.6 is 0 Å². The first-order valence-corrected chi connectivity index (χ1v) is 9.42. The van der Waals surface area contributed by atoms with Crippen LogP contribution in [0.25, 0.3) is 0 Å².